The molecule has 1 saturated heterocycles. The van der Waals surface area contributed by atoms with E-state index in [0.29, 0.717) is 17.5 Å². The number of nitrogens with one attached hydrogen (secondary N) is 2. The van der Waals surface area contributed by atoms with Gasteiger partial charge >= 0.3 is 0 Å². The molecular formula is C20H25N5O. The van der Waals surface area contributed by atoms with E-state index in [0.717, 1.165) is 38.3 Å². The van der Waals surface area contributed by atoms with Gasteiger partial charge in [0.2, 0.25) is 0 Å². The fourth-order valence-corrected chi connectivity index (χ4v) is 3.34. The summed E-state index contributed by atoms with van der Waals surface area (Å²) in [6, 6.07) is 8.41. The van der Waals surface area contributed by atoms with E-state index in [1.54, 1.807) is 6.20 Å². The Morgan fingerprint density at radius 3 is 2.50 bits per heavy atom. The number of carbonyl (C=O) groups excluding carboxylic acids is 1. The van der Waals surface area contributed by atoms with Gasteiger partial charge in [0.15, 0.2) is 0 Å². The molecule has 0 bridgehead atoms. The van der Waals surface area contributed by atoms with Gasteiger partial charge in [-0.2, -0.15) is 0 Å². The van der Waals surface area contributed by atoms with Crippen LogP contribution < -0.4 is 15.5 Å². The Labute approximate surface area is 154 Å². The van der Waals surface area contributed by atoms with Crippen LogP contribution in [-0.2, 0) is 0 Å². The molecule has 0 spiro atoms. The lowest BCUT2D eigenvalue weighted by Crippen LogP contribution is -2.38. The largest absolute Gasteiger partial charge is 0.371 e. The monoisotopic (exact) mass is 351 g/mol. The van der Waals surface area contributed by atoms with Crippen LogP contribution in [-0.4, -0.2) is 41.6 Å². The van der Waals surface area contributed by atoms with E-state index in [4.69, 9.17) is 0 Å². The van der Waals surface area contributed by atoms with Gasteiger partial charge < -0.3 is 15.5 Å². The van der Waals surface area contributed by atoms with Crippen molar-refractivity contribution in [2.24, 2.45) is 5.92 Å². The van der Waals surface area contributed by atoms with Gasteiger partial charge in [0.1, 0.15) is 5.82 Å². The van der Waals surface area contributed by atoms with Crippen molar-refractivity contribution in [2.45, 2.75) is 31.7 Å². The molecule has 26 heavy (non-hydrogen) atoms. The summed E-state index contributed by atoms with van der Waals surface area (Å²) in [6.07, 6.45) is 9.93. The number of aromatic nitrogens is 2. The van der Waals surface area contributed by atoms with Crippen molar-refractivity contribution in [3.63, 3.8) is 0 Å². The van der Waals surface area contributed by atoms with Crippen LogP contribution in [0.4, 0.5) is 11.5 Å². The van der Waals surface area contributed by atoms with Crippen LogP contribution >= 0.6 is 0 Å². The second-order valence-corrected chi connectivity index (χ2v) is 7.20. The van der Waals surface area contributed by atoms with Crippen LogP contribution in [0.3, 0.4) is 0 Å². The molecule has 0 aromatic carbocycles. The van der Waals surface area contributed by atoms with Gasteiger partial charge in [0.05, 0.1) is 5.56 Å². The minimum atomic E-state index is -0.0352. The zero-order valence-corrected chi connectivity index (χ0v) is 14.9. The summed E-state index contributed by atoms with van der Waals surface area (Å²) in [7, 11) is 0. The van der Waals surface area contributed by atoms with Crippen molar-refractivity contribution in [3.05, 3.63) is 48.4 Å². The van der Waals surface area contributed by atoms with Crippen LogP contribution in [0, 0.1) is 5.92 Å². The van der Waals surface area contributed by atoms with E-state index in [9.17, 15) is 4.79 Å². The Bertz CT molecular complexity index is 722. The van der Waals surface area contributed by atoms with Crippen LogP contribution in [0.5, 0.6) is 0 Å². The van der Waals surface area contributed by atoms with Gasteiger partial charge in [-0.15, -0.1) is 0 Å². The first kappa shape index (κ1) is 16.8. The maximum atomic E-state index is 12.3. The van der Waals surface area contributed by atoms with Crippen molar-refractivity contribution in [2.75, 3.05) is 29.9 Å². The zero-order chi connectivity index (χ0) is 17.8. The lowest BCUT2D eigenvalue weighted by atomic mass is 9.96. The third kappa shape index (κ3) is 4.31. The molecule has 4 rings (SSSR count). The first-order valence-electron chi connectivity index (χ1n) is 9.44. The normalized spacial score (nSPS) is 17.8. The van der Waals surface area contributed by atoms with E-state index < -0.39 is 0 Å². The van der Waals surface area contributed by atoms with Crippen LogP contribution in [0.25, 0.3) is 0 Å². The number of pyridine rings is 2. The lowest BCUT2D eigenvalue weighted by molar-refractivity contribution is 0.0944. The number of rotatable bonds is 6. The number of hydrogen-bond donors (Lipinski definition) is 2. The summed E-state index contributed by atoms with van der Waals surface area (Å²) in [4.78, 5) is 23.1. The molecule has 0 radical (unpaired) electrons. The highest BCUT2D eigenvalue weighted by atomic mass is 16.1. The van der Waals surface area contributed by atoms with Crippen LogP contribution in [0.15, 0.2) is 42.9 Å². The predicted octanol–water partition coefficient (Wildman–Crippen LogP) is 2.70. The van der Waals surface area contributed by atoms with Gasteiger partial charge in [-0.3, -0.25) is 9.78 Å². The maximum absolute atomic E-state index is 12.3. The minimum Gasteiger partial charge on any atom is -0.371 e. The molecule has 3 heterocycles. The fourth-order valence-electron chi connectivity index (χ4n) is 3.34. The van der Waals surface area contributed by atoms with Crippen molar-refractivity contribution in [1.29, 1.82) is 0 Å². The van der Waals surface area contributed by atoms with Gasteiger partial charge in [-0.25, -0.2) is 4.98 Å². The molecule has 1 aliphatic carbocycles. The second-order valence-electron chi connectivity index (χ2n) is 7.20. The quantitative estimate of drug-likeness (QED) is 0.837. The summed E-state index contributed by atoms with van der Waals surface area (Å²) in [6.45, 7) is 2.77. The molecule has 1 aliphatic heterocycles. The highest BCUT2D eigenvalue weighted by Crippen LogP contribution is 2.24. The standard InChI is InChI=1S/C20H25N5O/c26-20(16-1-4-19(22-14-16)24-17-2-3-17)23-13-15-7-11-25(12-8-15)18-5-9-21-10-6-18/h1,4-6,9-10,14-15,17H,2-3,7-8,11-13H2,(H,22,24)(H,23,26). The van der Waals surface area contributed by atoms with Gasteiger partial charge in [-0.05, 0) is 55.9 Å². The molecule has 6 heteroatoms. The number of nitrogens with zero attached hydrogens (tertiary/aromatic N) is 3. The summed E-state index contributed by atoms with van der Waals surface area (Å²) in [5.74, 6) is 1.35. The SMILES string of the molecule is O=C(NCC1CCN(c2ccncc2)CC1)c1ccc(NC2CC2)nc1. The Balaban J connectivity index is 1.22. The molecule has 2 aromatic rings. The first-order valence-corrected chi connectivity index (χ1v) is 9.44. The number of hydrogen-bond acceptors (Lipinski definition) is 5. The average Bonchev–Trinajstić information content (AvgIpc) is 3.52. The summed E-state index contributed by atoms with van der Waals surface area (Å²) in [5, 5.41) is 6.40. The van der Waals surface area contributed by atoms with E-state index in [1.807, 2.05) is 24.5 Å². The summed E-state index contributed by atoms with van der Waals surface area (Å²) < 4.78 is 0. The Hall–Kier alpha value is -2.63. The highest BCUT2D eigenvalue weighted by Gasteiger charge is 2.22. The molecule has 2 N–H and O–H groups in total. The topological polar surface area (TPSA) is 70.2 Å². The number of carbonyl (C=O) groups is 1. The molecule has 2 fully saturated rings. The van der Waals surface area contributed by atoms with Gasteiger partial charge in [0, 0.05) is 50.0 Å². The molecule has 0 unspecified atom stereocenters. The maximum Gasteiger partial charge on any atom is 0.252 e. The molecule has 1 saturated carbocycles. The van der Waals surface area contributed by atoms with Crippen molar-refractivity contribution in [3.8, 4) is 0 Å². The molecule has 0 atom stereocenters. The molecule has 6 nitrogen and oxygen atoms in total. The van der Waals surface area contributed by atoms with E-state index in [2.05, 4.69) is 37.6 Å². The number of amides is 1. The Morgan fingerprint density at radius 1 is 1.08 bits per heavy atom. The third-order valence-electron chi connectivity index (χ3n) is 5.15. The van der Waals surface area contributed by atoms with E-state index in [-0.39, 0.29) is 5.91 Å². The minimum absolute atomic E-state index is 0.0352. The Kier molecular flexibility index (Phi) is 5.00. The summed E-state index contributed by atoms with van der Waals surface area (Å²) in [5.41, 5.74) is 1.86. The summed E-state index contributed by atoms with van der Waals surface area (Å²) >= 11 is 0. The smallest absolute Gasteiger partial charge is 0.252 e. The van der Waals surface area contributed by atoms with E-state index in [1.165, 1.54) is 18.5 Å². The zero-order valence-electron chi connectivity index (χ0n) is 14.9. The Morgan fingerprint density at radius 2 is 1.85 bits per heavy atom. The number of piperidine rings is 1. The van der Waals surface area contributed by atoms with Crippen molar-refractivity contribution in [1.82, 2.24) is 15.3 Å². The van der Waals surface area contributed by atoms with Crippen LogP contribution in [0.1, 0.15) is 36.0 Å². The average molecular weight is 351 g/mol. The van der Waals surface area contributed by atoms with Crippen molar-refractivity contribution >= 4 is 17.4 Å². The second kappa shape index (κ2) is 7.72. The lowest BCUT2D eigenvalue weighted by Gasteiger charge is -2.33. The van der Waals surface area contributed by atoms with Gasteiger partial charge in [-0.1, -0.05) is 0 Å². The molecule has 1 amide bonds. The van der Waals surface area contributed by atoms with Crippen LogP contribution in [0.2, 0.25) is 0 Å². The fraction of sp³-hybridized carbons (Fsp3) is 0.450. The van der Waals surface area contributed by atoms with E-state index >= 15 is 0 Å². The van der Waals surface area contributed by atoms with Crippen molar-refractivity contribution < 1.29 is 4.79 Å². The third-order valence-corrected chi connectivity index (χ3v) is 5.15. The number of anilines is 2. The predicted molar refractivity (Wildman–Crippen MR) is 102 cm³/mol. The van der Waals surface area contributed by atoms with Gasteiger partial charge in [0.25, 0.3) is 5.91 Å². The molecule has 2 aliphatic rings. The molecule has 136 valence electrons. The highest BCUT2D eigenvalue weighted by molar-refractivity contribution is 5.94. The first-order chi connectivity index (χ1) is 12.8. The molecule has 2 aromatic heterocycles. The molecular weight excluding hydrogens is 326 g/mol.